The highest BCUT2D eigenvalue weighted by atomic mass is 19.1. The molecule has 0 amide bonds. The lowest BCUT2D eigenvalue weighted by atomic mass is 10.0. The molecule has 2 nitrogen and oxygen atoms in total. The van der Waals surface area contributed by atoms with Gasteiger partial charge in [-0.3, -0.25) is 4.98 Å². The molecule has 0 unspecified atom stereocenters. The molecule has 0 aliphatic heterocycles. The molecule has 1 N–H and O–H groups in total. The maximum absolute atomic E-state index is 12.7. The van der Waals surface area contributed by atoms with Gasteiger partial charge in [-0.1, -0.05) is 12.1 Å². The van der Waals surface area contributed by atoms with Crippen molar-refractivity contribution in [2.24, 2.45) is 0 Å². The third-order valence-corrected chi connectivity index (χ3v) is 2.21. The van der Waals surface area contributed by atoms with Gasteiger partial charge in [0.25, 0.3) is 0 Å². The van der Waals surface area contributed by atoms with Crippen LogP contribution in [0.25, 0.3) is 0 Å². The number of halogens is 1. The van der Waals surface area contributed by atoms with E-state index in [9.17, 15) is 9.50 Å². The molecular formula is C12H10FNO. The summed E-state index contributed by atoms with van der Waals surface area (Å²) in [6, 6.07) is 9.27. The van der Waals surface area contributed by atoms with Crippen molar-refractivity contribution in [2.75, 3.05) is 0 Å². The second-order valence-corrected chi connectivity index (χ2v) is 3.23. The Balaban J connectivity index is 2.29. The van der Waals surface area contributed by atoms with E-state index in [1.807, 2.05) is 0 Å². The van der Waals surface area contributed by atoms with Crippen molar-refractivity contribution in [2.45, 2.75) is 6.10 Å². The molecule has 0 spiro atoms. The molecular weight excluding hydrogens is 193 g/mol. The molecule has 1 aromatic heterocycles. The zero-order chi connectivity index (χ0) is 10.7. The number of hydrogen-bond donors (Lipinski definition) is 1. The number of pyridine rings is 1. The van der Waals surface area contributed by atoms with Gasteiger partial charge in [0.05, 0.1) is 0 Å². The molecule has 3 heteroatoms. The van der Waals surface area contributed by atoms with Crippen molar-refractivity contribution in [1.29, 1.82) is 0 Å². The number of hydrogen-bond acceptors (Lipinski definition) is 2. The van der Waals surface area contributed by atoms with Crippen LogP contribution in [0.5, 0.6) is 0 Å². The first-order valence-corrected chi connectivity index (χ1v) is 4.61. The van der Waals surface area contributed by atoms with Crippen LogP contribution in [0.1, 0.15) is 17.2 Å². The van der Waals surface area contributed by atoms with Gasteiger partial charge in [0, 0.05) is 12.4 Å². The topological polar surface area (TPSA) is 33.1 Å². The van der Waals surface area contributed by atoms with Crippen LogP contribution in [0.15, 0.2) is 48.8 Å². The van der Waals surface area contributed by atoms with Crippen molar-refractivity contribution in [3.8, 4) is 0 Å². The van der Waals surface area contributed by atoms with E-state index in [1.54, 1.807) is 36.7 Å². The van der Waals surface area contributed by atoms with Crippen LogP contribution in [0.3, 0.4) is 0 Å². The molecule has 0 saturated carbocycles. The molecule has 2 aromatic rings. The van der Waals surface area contributed by atoms with Gasteiger partial charge in [0.1, 0.15) is 11.9 Å². The highest BCUT2D eigenvalue weighted by Gasteiger charge is 2.09. The van der Waals surface area contributed by atoms with Crippen molar-refractivity contribution >= 4 is 0 Å². The summed E-state index contributed by atoms with van der Waals surface area (Å²) >= 11 is 0. The van der Waals surface area contributed by atoms with Gasteiger partial charge in [-0.15, -0.1) is 0 Å². The molecule has 0 radical (unpaired) electrons. The van der Waals surface area contributed by atoms with Gasteiger partial charge in [0.2, 0.25) is 0 Å². The molecule has 2 rings (SSSR count). The van der Waals surface area contributed by atoms with Crippen molar-refractivity contribution in [1.82, 2.24) is 4.98 Å². The Labute approximate surface area is 87.0 Å². The van der Waals surface area contributed by atoms with Crippen molar-refractivity contribution in [3.63, 3.8) is 0 Å². The number of rotatable bonds is 2. The van der Waals surface area contributed by atoms with Gasteiger partial charge in [0.15, 0.2) is 0 Å². The van der Waals surface area contributed by atoms with E-state index in [2.05, 4.69) is 4.98 Å². The van der Waals surface area contributed by atoms with Crippen LogP contribution in [0.2, 0.25) is 0 Å². The summed E-state index contributed by atoms with van der Waals surface area (Å²) in [5.41, 5.74) is 1.42. The van der Waals surface area contributed by atoms with Crippen LogP contribution in [-0.4, -0.2) is 10.1 Å². The fourth-order valence-corrected chi connectivity index (χ4v) is 1.38. The number of benzene rings is 1. The lowest BCUT2D eigenvalue weighted by molar-refractivity contribution is 0.220. The fourth-order valence-electron chi connectivity index (χ4n) is 1.38. The average Bonchev–Trinajstić information content (AvgIpc) is 2.30. The Morgan fingerprint density at radius 2 is 1.47 bits per heavy atom. The van der Waals surface area contributed by atoms with Crippen LogP contribution >= 0.6 is 0 Å². The largest absolute Gasteiger partial charge is 0.384 e. The van der Waals surface area contributed by atoms with Crippen LogP contribution in [-0.2, 0) is 0 Å². The minimum atomic E-state index is -0.728. The Morgan fingerprint density at radius 3 is 2.07 bits per heavy atom. The minimum absolute atomic E-state index is 0.305. The van der Waals surface area contributed by atoms with Gasteiger partial charge in [-0.2, -0.15) is 0 Å². The normalized spacial score (nSPS) is 12.4. The molecule has 0 aliphatic rings. The third kappa shape index (κ3) is 2.19. The van der Waals surface area contributed by atoms with E-state index >= 15 is 0 Å². The minimum Gasteiger partial charge on any atom is -0.384 e. The summed E-state index contributed by atoms with van der Waals surface area (Å²) < 4.78 is 12.7. The number of aromatic nitrogens is 1. The van der Waals surface area contributed by atoms with Gasteiger partial charge >= 0.3 is 0 Å². The molecule has 0 aliphatic carbocycles. The summed E-state index contributed by atoms with van der Waals surface area (Å²) in [7, 11) is 0. The van der Waals surface area contributed by atoms with E-state index in [-0.39, 0.29) is 5.82 Å². The van der Waals surface area contributed by atoms with Crippen molar-refractivity contribution < 1.29 is 9.50 Å². The first-order chi connectivity index (χ1) is 7.27. The first-order valence-electron chi connectivity index (χ1n) is 4.61. The molecule has 0 fully saturated rings. The standard InChI is InChI=1S/C12H10FNO/c13-11-3-1-9(2-4-11)12(15)10-5-7-14-8-6-10/h1-8,12,15H/t12-/m0/s1. The van der Waals surface area contributed by atoms with E-state index < -0.39 is 6.10 Å². The quantitative estimate of drug-likeness (QED) is 0.812. The van der Waals surface area contributed by atoms with E-state index in [1.165, 1.54) is 12.1 Å². The Hall–Kier alpha value is -1.74. The van der Waals surface area contributed by atoms with Gasteiger partial charge < -0.3 is 5.11 Å². The summed E-state index contributed by atoms with van der Waals surface area (Å²) in [6.07, 6.45) is 2.50. The van der Waals surface area contributed by atoms with Crippen LogP contribution in [0.4, 0.5) is 4.39 Å². The molecule has 1 aromatic carbocycles. The Morgan fingerprint density at radius 1 is 0.933 bits per heavy atom. The lowest BCUT2D eigenvalue weighted by Crippen LogP contribution is -1.99. The maximum atomic E-state index is 12.7. The zero-order valence-corrected chi connectivity index (χ0v) is 7.97. The van der Waals surface area contributed by atoms with E-state index in [0.29, 0.717) is 5.56 Å². The first kappa shape index (κ1) is 9.80. The Kier molecular flexibility index (Phi) is 2.74. The van der Waals surface area contributed by atoms with Gasteiger partial charge in [-0.05, 0) is 35.4 Å². The predicted octanol–water partition coefficient (Wildman–Crippen LogP) is 2.30. The number of aliphatic hydroxyl groups excluding tert-OH is 1. The average molecular weight is 203 g/mol. The maximum Gasteiger partial charge on any atom is 0.123 e. The highest BCUT2D eigenvalue weighted by molar-refractivity contribution is 5.28. The second-order valence-electron chi connectivity index (χ2n) is 3.23. The smallest absolute Gasteiger partial charge is 0.123 e. The van der Waals surface area contributed by atoms with Crippen molar-refractivity contribution in [3.05, 3.63) is 65.7 Å². The Bertz CT molecular complexity index is 427. The SMILES string of the molecule is O[C@H](c1ccncc1)c1ccc(F)cc1. The van der Waals surface area contributed by atoms with Crippen LogP contribution < -0.4 is 0 Å². The summed E-state index contributed by atoms with van der Waals surface area (Å²) in [6.45, 7) is 0. The number of nitrogens with zero attached hydrogens (tertiary/aromatic N) is 1. The summed E-state index contributed by atoms with van der Waals surface area (Å²) in [4.78, 5) is 3.86. The van der Waals surface area contributed by atoms with Gasteiger partial charge in [-0.25, -0.2) is 4.39 Å². The highest BCUT2D eigenvalue weighted by Crippen LogP contribution is 2.20. The molecule has 1 atom stereocenters. The predicted molar refractivity (Wildman–Crippen MR) is 54.7 cm³/mol. The third-order valence-electron chi connectivity index (χ3n) is 2.21. The molecule has 0 bridgehead atoms. The lowest BCUT2D eigenvalue weighted by Gasteiger charge is -2.10. The second kappa shape index (κ2) is 4.19. The summed E-state index contributed by atoms with van der Waals surface area (Å²) in [5.74, 6) is -0.305. The van der Waals surface area contributed by atoms with E-state index in [0.717, 1.165) is 5.56 Å². The molecule has 76 valence electrons. The summed E-state index contributed by atoms with van der Waals surface area (Å²) in [5, 5.41) is 9.93. The van der Waals surface area contributed by atoms with E-state index in [4.69, 9.17) is 0 Å². The van der Waals surface area contributed by atoms with Crippen LogP contribution in [0, 0.1) is 5.82 Å². The number of aliphatic hydroxyl groups is 1. The molecule has 0 saturated heterocycles. The zero-order valence-electron chi connectivity index (χ0n) is 7.97. The molecule has 15 heavy (non-hydrogen) atoms. The fraction of sp³-hybridized carbons (Fsp3) is 0.0833. The monoisotopic (exact) mass is 203 g/mol. The molecule has 1 heterocycles.